The molecule has 2 aromatic rings. The third-order valence-electron chi connectivity index (χ3n) is 2.64. The van der Waals surface area contributed by atoms with Gasteiger partial charge in [0, 0.05) is 32.7 Å². The molecule has 2 N–H and O–H groups in total. The topological polar surface area (TPSA) is 72.0 Å². The fourth-order valence-electron chi connectivity index (χ4n) is 1.64. The summed E-state index contributed by atoms with van der Waals surface area (Å²) < 4.78 is 4.99. The van der Waals surface area contributed by atoms with Crippen LogP contribution in [0, 0.1) is 0 Å². The van der Waals surface area contributed by atoms with Gasteiger partial charge in [-0.05, 0) is 24.6 Å². The second-order valence-electron chi connectivity index (χ2n) is 4.21. The van der Waals surface area contributed by atoms with Crippen molar-refractivity contribution in [2.45, 2.75) is 13.0 Å². The van der Waals surface area contributed by atoms with Crippen molar-refractivity contribution in [2.24, 2.45) is 0 Å². The van der Waals surface area contributed by atoms with E-state index in [9.17, 15) is 0 Å². The number of nitrogens with zero attached hydrogens (tertiary/aromatic N) is 3. The molecule has 0 aliphatic carbocycles. The summed E-state index contributed by atoms with van der Waals surface area (Å²) in [7, 11) is 1.69. The van der Waals surface area contributed by atoms with E-state index in [1.165, 1.54) is 0 Å². The zero-order chi connectivity index (χ0) is 14.0. The molecule has 6 heteroatoms. The number of nitrogens with one attached hydrogen (secondary N) is 2. The first-order valence-electron chi connectivity index (χ1n) is 6.58. The van der Waals surface area contributed by atoms with Crippen LogP contribution in [0.3, 0.4) is 0 Å². The molecule has 0 aromatic carbocycles. The molecule has 2 heterocycles. The molecule has 0 fully saturated rings. The molecular formula is C14H19N5O. The van der Waals surface area contributed by atoms with Crippen LogP contribution in [-0.2, 0) is 11.3 Å². The summed E-state index contributed by atoms with van der Waals surface area (Å²) in [5.74, 6) is 1.40. The maximum Gasteiger partial charge on any atom is 0.224 e. The maximum atomic E-state index is 4.99. The van der Waals surface area contributed by atoms with Crippen LogP contribution in [0.1, 0.15) is 12.1 Å². The normalized spacial score (nSPS) is 10.2. The molecule has 0 atom stereocenters. The summed E-state index contributed by atoms with van der Waals surface area (Å²) >= 11 is 0. The highest BCUT2D eigenvalue weighted by atomic mass is 16.5. The van der Waals surface area contributed by atoms with Crippen molar-refractivity contribution < 1.29 is 4.74 Å². The van der Waals surface area contributed by atoms with Crippen molar-refractivity contribution in [3.8, 4) is 0 Å². The summed E-state index contributed by atoms with van der Waals surface area (Å²) in [6, 6.07) is 7.67. The molecule has 2 aromatic heterocycles. The van der Waals surface area contributed by atoms with E-state index in [2.05, 4.69) is 25.6 Å². The molecule has 0 amide bonds. The van der Waals surface area contributed by atoms with Crippen LogP contribution in [0.5, 0.6) is 0 Å². The molecule has 20 heavy (non-hydrogen) atoms. The number of ether oxygens (including phenoxy) is 1. The van der Waals surface area contributed by atoms with Crippen LogP contribution in [0.2, 0.25) is 0 Å². The summed E-state index contributed by atoms with van der Waals surface area (Å²) in [4.78, 5) is 12.8. The van der Waals surface area contributed by atoms with Crippen molar-refractivity contribution in [2.75, 3.05) is 30.9 Å². The van der Waals surface area contributed by atoms with Crippen LogP contribution >= 0.6 is 0 Å². The van der Waals surface area contributed by atoms with Gasteiger partial charge >= 0.3 is 0 Å². The lowest BCUT2D eigenvalue weighted by Gasteiger charge is -2.08. The third kappa shape index (κ3) is 4.81. The van der Waals surface area contributed by atoms with E-state index in [0.29, 0.717) is 12.5 Å². The minimum atomic E-state index is 0.618. The van der Waals surface area contributed by atoms with Gasteiger partial charge in [-0.1, -0.05) is 6.07 Å². The number of hydrogen-bond donors (Lipinski definition) is 2. The van der Waals surface area contributed by atoms with E-state index in [1.807, 2.05) is 24.3 Å². The zero-order valence-electron chi connectivity index (χ0n) is 11.5. The van der Waals surface area contributed by atoms with Gasteiger partial charge in [0.2, 0.25) is 5.95 Å². The molecule has 0 aliphatic rings. The Labute approximate surface area is 118 Å². The molecule has 0 unspecified atom stereocenters. The number of aromatic nitrogens is 3. The van der Waals surface area contributed by atoms with Gasteiger partial charge in [0.05, 0.1) is 12.2 Å². The molecule has 106 valence electrons. The first-order chi connectivity index (χ1) is 9.88. The molecule has 0 saturated heterocycles. The second kappa shape index (κ2) is 8.06. The molecule has 0 saturated carbocycles. The van der Waals surface area contributed by atoms with E-state index < -0.39 is 0 Å². The predicted molar refractivity (Wildman–Crippen MR) is 78.6 cm³/mol. The van der Waals surface area contributed by atoms with E-state index in [4.69, 9.17) is 4.74 Å². The van der Waals surface area contributed by atoms with Crippen molar-refractivity contribution in [3.05, 3.63) is 42.4 Å². The van der Waals surface area contributed by atoms with Crippen LogP contribution in [-0.4, -0.2) is 35.2 Å². The van der Waals surface area contributed by atoms with Gasteiger partial charge in [-0.15, -0.1) is 0 Å². The van der Waals surface area contributed by atoms with E-state index in [-0.39, 0.29) is 0 Å². The molecule has 0 radical (unpaired) electrons. The summed E-state index contributed by atoms with van der Waals surface area (Å²) in [6.07, 6.45) is 4.43. The van der Waals surface area contributed by atoms with Crippen molar-refractivity contribution in [1.29, 1.82) is 0 Å². The van der Waals surface area contributed by atoms with Crippen LogP contribution in [0.15, 0.2) is 36.7 Å². The Morgan fingerprint density at radius 2 is 2.05 bits per heavy atom. The van der Waals surface area contributed by atoms with Gasteiger partial charge in [-0.25, -0.2) is 4.98 Å². The second-order valence-corrected chi connectivity index (χ2v) is 4.21. The number of anilines is 2. The summed E-state index contributed by atoms with van der Waals surface area (Å²) in [6.45, 7) is 2.16. The van der Waals surface area contributed by atoms with Gasteiger partial charge in [-0.3, -0.25) is 4.98 Å². The highest BCUT2D eigenvalue weighted by Crippen LogP contribution is 2.07. The van der Waals surface area contributed by atoms with Crippen molar-refractivity contribution in [3.63, 3.8) is 0 Å². The predicted octanol–water partition coefficient (Wildman–Crippen LogP) is 1.93. The molecule has 6 nitrogen and oxygen atoms in total. The zero-order valence-corrected chi connectivity index (χ0v) is 11.5. The van der Waals surface area contributed by atoms with E-state index >= 15 is 0 Å². The molecule has 0 bridgehead atoms. The van der Waals surface area contributed by atoms with E-state index in [0.717, 1.165) is 31.1 Å². The summed E-state index contributed by atoms with van der Waals surface area (Å²) in [5, 5.41) is 6.38. The highest BCUT2D eigenvalue weighted by molar-refractivity contribution is 5.39. The van der Waals surface area contributed by atoms with Gasteiger partial charge in [0.1, 0.15) is 5.82 Å². The van der Waals surface area contributed by atoms with Gasteiger partial charge in [0.25, 0.3) is 0 Å². The minimum Gasteiger partial charge on any atom is -0.385 e. The highest BCUT2D eigenvalue weighted by Gasteiger charge is 1.99. The average Bonchev–Trinajstić information content (AvgIpc) is 2.51. The number of pyridine rings is 1. The Kier molecular flexibility index (Phi) is 5.72. The average molecular weight is 273 g/mol. The standard InChI is InChI=1S/C14H19N5O/c1-20-10-4-8-16-14-17-9-6-13(19-14)18-11-12-5-2-3-7-15-12/h2-3,5-7,9H,4,8,10-11H2,1H3,(H2,16,17,18,19). The fraction of sp³-hybridized carbons (Fsp3) is 0.357. The monoisotopic (exact) mass is 273 g/mol. The molecular weight excluding hydrogens is 254 g/mol. The minimum absolute atomic E-state index is 0.618. The van der Waals surface area contributed by atoms with Crippen LogP contribution < -0.4 is 10.6 Å². The lowest BCUT2D eigenvalue weighted by Crippen LogP contribution is -2.09. The Bertz CT molecular complexity index is 506. The molecule has 0 aliphatic heterocycles. The van der Waals surface area contributed by atoms with Gasteiger partial charge in [-0.2, -0.15) is 4.98 Å². The first-order valence-corrected chi connectivity index (χ1v) is 6.58. The Hall–Kier alpha value is -2.21. The van der Waals surface area contributed by atoms with Crippen LogP contribution in [0.25, 0.3) is 0 Å². The SMILES string of the molecule is COCCCNc1nccc(NCc2ccccn2)n1. The fourth-order valence-corrected chi connectivity index (χ4v) is 1.64. The summed E-state index contributed by atoms with van der Waals surface area (Å²) in [5.41, 5.74) is 0.973. The smallest absolute Gasteiger partial charge is 0.224 e. The quantitative estimate of drug-likeness (QED) is 0.716. The maximum absolute atomic E-state index is 4.99. The Balaban J connectivity index is 1.83. The van der Waals surface area contributed by atoms with E-state index in [1.54, 1.807) is 19.5 Å². The first kappa shape index (κ1) is 14.2. The lowest BCUT2D eigenvalue weighted by atomic mass is 10.3. The van der Waals surface area contributed by atoms with Crippen LogP contribution in [0.4, 0.5) is 11.8 Å². The molecule has 2 rings (SSSR count). The van der Waals surface area contributed by atoms with Crippen molar-refractivity contribution in [1.82, 2.24) is 15.0 Å². The number of methoxy groups -OCH3 is 1. The molecule has 0 spiro atoms. The van der Waals surface area contributed by atoms with Gasteiger partial charge in [0.15, 0.2) is 0 Å². The number of rotatable bonds is 8. The Morgan fingerprint density at radius 3 is 2.85 bits per heavy atom. The lowest BCUT2D eigenvalue weighted by molar-refractivity contribution is 0.197. The number of hydrogen-bond acceptors (Lipinski definition) is 6. The van der Waals surface area contributed by atoms with Gasteiger partial charge < -0.3 is 15.4 Å². The third-order valence-corrected chi connectivity index (χ3v) is 2.64. The Morgan fingerprint density at radius 1 is 1.10 bits per heavy atom. The van der Waals surface area contributed by atoms with Crippen molar-refractivity contribution >= 4 is 11.8 Å². The largest absolute Gasteiger partial charge is 0.385 e.